The van der Waals surface area contributed by atoms with Crippen LogP contribution in [0.25, 0.3) is 0 Å². The van der Waals surface area contributed by atoms with Crippen LogP contribution in [0, 0.1) is 6.92 Å². The number of carbonyl (C=O) groups excluding carboxylic acids is 4. The molecule has 4 rings (SSSR count). The molecule has 1 amide bonds. The first-order valence-electron chi connectivity index (χ1n) is 11.4. The summed E-state index contributed by atoms with van der Waals surface area (Å²) >= 11 is 0. The standard InChI is InChI=1S/C30H23NO6/c1-20-7-9-24(10-8-20)30(35)37-26-17-13-21(14-18-26)27(32)19-36-29(34)23-11-15-25(16-12-23)31-28(33)22-5-3-2-4-6-22/h2-18H,19H2,1H3,(H,31,33). The summed E-state index contributed by atoms with van der Waals surface area (Å²) in [4.78, 5) is 49.3. The van der Waals surface area contributed by atoms with Crippen LogP contribution in [0.4, 0.5) is 5.69 Å². The van der Waals surface area contributed by atoms with Gasteiger partial charge in [-0.25, -0.2) is 9.59 Å². The largest absolute Gasteiger partial charge is 0.454 e. The molecule has 0 aromatic heterocycles. The molecule has 0 atom stereocenters. The maximum Gasteiger partial charge on any atom is 0.343 e. The van der Waals surface area contributed by atoms with Crippen molar-refractivity contribution in [1.82, 2.24) is 0 Å². The van der Waals surface area contributed by atoms with Crippen molar-refractivity contribution in [1.29, 1.82) is 0 Å². The lowest BCUT2D eigenvalue weighted by atomic mass is 10.1. The van der Waals surface area contributed by atoms with Crippen LogP contribution in [0.15, 0.2) is 103 Å². The lowest BCUT2D eigenvalue weighted by Crippen LogP contribution is -2.15. The minimum atomic E-state index is -0.669. The number of esters is 2. The fraction of sp³-hybridized carbons (Fsp3) is 0.0667. The van der Waals surface area contributed by atoms with Gasteiger partial charge in [-0.1, -0.05) is 35.9 Å². The molecule has 0 spiro atoms. The topological polar surface area (TPSA) is 98.8 Å². The van der Waals surface area contributed by atoms with Crippen LogP contribution in [0.1, 0.15) is 47.0 Å². The van der Waals surface area contributed by atoms with Gasteiger partial charge < -0.3 is 14.8 Å². The summed E-state index contributed by atoms with van der Waals surface area (Å²) in [5, 5.41) is 2.75. The minimum absolute atomic E-state index is 0.240. The van der Waals surface area contributed by atoms with Crippen molar-refractivity contribution in [3.8, 4) is 5.75 Å². The first-order chi connectivity index (χ1) is 17.9. The Bertz CT molecular complexity index is 1410. The third kappa shape index (κ3) is 6.76. The molecule has 0 bridgehead atoms. The molecule has 0 fully saturated rings. The van der Waals surface area contributed by atoms with Crippen LogP contribution < -0.4 is 10.1 Å². The molecular weight excluding hydrogens is 470 g/mol. The Kier molecular flexibility index (Phi) is 7.85. The molecule has 184 valence electrons. The van der Waals surface area contributed by atoms with Gasteiger partial charge in [-0.3, -0.25) is 9.59 Å². The number of Topliss-reactive ketones (excluding diaryl/α,β-unsaturated/α-hetero) is 1. The van der Waals surface area contributed by atoms with Crippen LogP contribution in [0.2, 0.25) is 0 Å². The average molecular weight is 494 g/mol. The lowest BCUT2D eigenvalue weighted by Gasteiger charge is -2.08. The summed E-state index contributed by atoms with van der Waals surface area (Å²) < 4.78 is 10.5. The summed E-state index contributed by atoms with van der Waals surface area (Å²) in [6.45, 7) is 1.47. The quantitative estimate of drug-likeness (QED) is 0.198. The van der Waals surface area contributed by atoms with Crippen molar-refractivity contribution >= 4 is 29.3 Å². The van der Waals surface area contributed by atoms with Gasteiger partial charge in [0.25, 0.3) is 5.91 Å². The molecule has 0 heterocycles. The number of nitrogens with one attached hydrogen (secondary N) is 1. The number of rotatable bonds is 8. The number of aryl methyl sites for hydroxylation is 1. The fourth-order valence-corrected chi connectivity index (χ4v) is 3.34. The molecule has 0 saturated heterocycles. The zero-order valence-electron chi connectivity index (χ0n) is 20.0. The Balaban J connectivity index is 1.27. The van der Waals surface area contributed by atoms with Gasteiger partial charge in [-0.05, 0) is 79.7 Å². The first-order valence-corrected chi connectivity index (χ1v) is 11.4. The fourth-order valence-electron chi connectivity index (χ4n) is 3.34. The third-order valence-electron chi connectivity index (χ3n) is 5.42. The van der Waals surface area contributed by atoms with E-state index in [0.29, 0.717) is 28.1 Å². The SMILES string of the molecule is Cc1ccc(C(=O)Oc2ccc(C(=O)COC(=O)c3ccc(NC(=O)c4ccccc4)cc3)cc2)cc1. The van der Waals surface area contributed by atoms with Crippen molar-refractivity contribution in [3.63, 3.8) is 0 Å². The molecule has 0 aliphatic carbocycles. The molecule has 1 N–H and O–H groups in total. The smallest absolute Gasteiger partial charge is 0.343 e. The summed E-state index contributed by atoms with van der Waals surface area (Å²) in [7, 11) is 0. The van der Waals surface area contributed by atoms with Crippen LogP contribution >= 0.6 is 0 Å². The molecule has 37 heavy (non-hydrogen) atoms. The molecule has 0 radical (unpaired) electrons. The molecule has 4 aromatic rings. The van der Waals surface area contributed by atoms with Crippen molar-refractivity contribution in [2.75, 3.05) is 11.9 Å². The molecule has 0 unspecified atom stereocenters. The van der Waals surface area contributed by atoms with E-state index in [1.807, 2.05) is 25.1 Å². The van der Waals surface area contributed by atoms with Crippen LogP contribution in [0.3, 0.4) is 0 Å². The van der Waals surface area contributed by atoms with E-state index in [9.17, 15) is 19.2 Å². The Morgan fingerprint density at radius 2 is 1.19 bits per heavy atom. The van der Waals surface area contributed by atoms with Crippen LogP contribution in [-0.4, -0.2) is 30.2 Å². The normalized spacial score (nSPS) is 10.3. The van der Waals surface area contributed by atoms with Crippen LogP contribution in [0.5, 0.6) is 5.75 Å². The van der Waals surface area contributed by atoms with Gasteiger partial charge in [-0.15, -0.1) is 0 Å². The number of benzene rings is 4. The number of anilines is 1. The van der Waals surface area contributed by atoms with E-state index in [4.69, 9.17) is 9.47 Å². The maximum absolute atomic E-state index is 12.4. The highest BCUT2D eigenvalue weighted by atomic mass is 16.5. The van der Waals surface area contributed by atoms with Gasteiger partial charge in [0.2, 0.25) is 0 Å². The highest BCUT2D eigenvalue weighted by molar-refractivity contribution is 6.04. The Morgan fingerprint density at radius 1 is 0.622 bits per heavy atom. The zero-order valence-corrected chi connectivity index (χ0v) is 20.0. The predicted octanol–water partition coefficient (Wildman–Crippen LogP) is 5.51. The second kappa shape index (κ2) is 11.6. The van der Waals surface area contributed by atoms with E-state index in [0.717, 1.165) is 5.56 Å². The Hall–Kier alpha value is -5.04. The van der Waals surface area contributed by atoms with Crippen molar-refractivity contribution in [2.45, 2.75) is 6.92 Å². The highest BCUT2D eigenvalue weighted by Crippen LogP contribution is 2.16. The van der Waals surface area contributed by atoms with Crippen LogP contribution in [-0.2, 0) is 4.74 Å². The number of ketones is 1. The molecule has 0 aliphatic heterocycles. The second-order valence-electron chi connectivity index (χ2n) is 8.18. The number of ether oxygens (including phenoxy) is 2. The Labute approximate surface area is 213 Å². The number of amides is 1. The maximum atomic E-state index is 12.4. The Morgan fingerprint density at radius 3 is 1.84 bits per heavy atom. The summed E-state index contributed by atoms with van der Waals surface area (Å²) in [6, 6.07) is 27.9. The first kappa shape index (κ1) is 25.1. The minimum Gasteiger partial charge on any atom is -0.454 e. The number of hydrogen-bond acceptors (Lipinski definition) is 6. The molecule has 7 heteroatoms. The molecule has 7 nitrogen and oxygen atoms in total. The second-order valence-corrected chi connectivity index (χ2v) is 8.18. The third-order valence-corrected chi connectivity index (χ3v) is 5.42. The molecule has 0 aliphatic rings. The van der Waals surface area contributed by atoms with E-state index in [1.165, 1.54) is 36.4 Å². The van der Waals surface area contributed by atoms with Gasteiger partial charge in [-0.2, -0.15) is 0 Å². The van der Waals surface area contributed by atoms with Crippen molar-refractivity contribution in [2.24, 2.45) is 0 Å². The molecule has 4 aromatic carbocycles. The highest BCUT2D eigenvalue weighted by Gasteiger charge is 2.14. The van der Waals surface area contributed by atoms with E-state index < -0.39 is 24.3 Å². The van der Waals surface area contributed by atoms with Gasteiger partial charge in [0, 0.05) is 16.8 Å². The van der Waals surface area contributed by atoms with Gasteiger partial charge in [0.05, 0.1) is 11.1 Å². The summed E-state index contributed by atoms with van der Waals surface area (Å²) in [5.41, 5.74) is 3.03. The van der Waals surface area contributed by atoms with Gasteiger partial charge >= 0.3 is 11.9 Å². The predicted molar refractivity (Wildman–Crippen MR) is 138 cm³/mol. The zero-order chi connectivity index (χ0) is 26.2. The van der Waals surface area contributed by atoms with E-state index in [-0.39, 0.29) is 11.5 Å². The van der Waals surface area contributed by atoms with Crippen molar-refractivity contribution < 1.29 is 28.7 Å². The van der Waals surface area contributed by atoms with E-state index >= 15 is 0 Å². The summed E-state index contributed by atoms with van der Waals surface area (Å²) in [6.07, 6.45) is 0. The number of carbonyl (C=O) groups is 4. The van der Waals surface area contributed by atoms with E-state index in [1.54, 1.807) is 48.5 Å². The monoisotopic (exact) mass is 493 g/mol. The lowest BCUT2D eigenvalue weighted by molar-refractivity contribution is 0.0474. The molecule has 0 saturated carbocycles. The van der Waals surface area contributed by atoms with Gasteiger partial charge in [0.1, 0.15) is 5.75 Å². The molecular formula is C30H23NO6. The average Bonchev–Trinajstić information content (AvgIpc) is 2.93. The van der Waals surface area contributed by atoms with Gasteiger partial charge in [0.15, 0.2) is 12.4 Å². The summed E-state index contributed by atoms with van der Waals surface area (Å²) in [5.74, 6) is -1.55. The van der Waals surface area contributed by atoms with E-state index in [2.05, 4.69) is 5.32 Å². The van der Waals surface area contributed by atoms with Crippen molar-refractivity contribution in [3.05, 3.63) is 131 Å². The number of hydrogen-bond donors (Lipinski definition) is 1.